The Morgan fingerprint density at radius 2 is 2.29 bits per heavy atom. The Hall–Kier alpha value is -2.29. The summed E-state index contributed by atoms with van der Waals surface area (Å²) in [7, 11) is 1.50. The molecule has 0 saturated heterocycles. The Morgan fingerprint density at radius 3 is 2.71 bits per heavy atom. The molecule has 0 bridgehead atoms. The maximum absolute atomic E-state index is 10.5. The zero-order valence-electron chi connectivity index (χ0n) is 7.31. The molecule has 0 unspecified atom stereocenters. The monoisotopic (exact) mass is 193 g/mol. The Morgan fingerprint density at radius 1 is 1.64 bits per heavy atom. The van der Waals surface area contributed by atoms with Gasteiger partial charge in [-0.3, -0.25) is 10.1 Å². The Balaban J connectivity index is 3.41. The van der Waals surface area contributed by atoms with Crippen LogP contribution in [0.25, 0.3) is 0 Å². The summed E-state index contributed by atoms with van der Waals surface area (Å²) in [5.41, 5.74) is -0.0618. The van der Waals surface area contributed by atoms with Crippen molar-refractivity contribution >= 4 is 11.4 Å². The van der Waals surface area contributed by atoms with Crippen LogP contribution in [0, 0.1) is 21.4 Å². The summed E-state index contributed by atoms with van der Waals surface area (Å²) in [5, 5.41) is 30.8. The topological polar surface area (TPSA) is 99.2 Å². The van der Waals surface area contributed by atoms with Gasteiger partial charge in [0.15, 0.2) is 0 Å². The molecule has 1 aromatic carbocycles. The lowest BCUT2D eigenvalue weighted by atomic mass is 10.1. The van der Waals surface area contributed by atoms with Crippen molar-refractivity contribution in [3.05, 3.63) is 27.8 Å². The van der Waals surface area contributed by atoms with Crippen LogP contribution in [0.5, 0.6) is 5.75 Å². The van der Waals surface area contributed by atoms with E-state index >= 15 is 0 Å². The number of hydrogen-bond donors (Lipinski definition) is 2. The number of phenolic OH excluding ortho intramolecular Hbond substituents is 1. The van der Waals surface area contributed by atoms with E-state index in [9.17, 15) is 15.2 Å². The summed E-state index contributed by atoms with van der Waals surface area (Å²) in [6, 6.07) is 3.90. The molecular formula is C8H7N3O3. The molecule has 0 saturated carbocycles. The van der Waals surface area contributed by atoms with E-state index in [-0.39, 0.29) is 16.9 Å². The van der Waals surface area contributed by atoms with Gasteiger partial charge in [0.25, 0.3) is 5.69 Å². The predicted octanol–water partition coefficient (Wildman–Crippen LogP) is 1.21. The van der Waals surface area contributed by atoms with Crippen LogP contribution in [0.2, 0.25) is 0 Å². The van der Waals surface area contributed by atoms with E-state index in [2.05, 4.69) is 5.32 Å². The molecule has 0 heterocycles. The van der Waals surface area contributed by atoms with Gasteiger partial charge in [0.05, 0.1) is 16.6 Å². The fraction of sp³-hybridized carbons (Fsp3) is 0.125. The van der Waals surface area contributed by atoms with Gasteiger partial charge in [-0.1, -0.05) is 0 Å². The molecule has 0 aliphatic heterocycles. The van der Waals surface area contributed by atoms with Crippen molar-refractivity contribution < 1.29 is 10.0 Å². The van der Waals surface area contributed by atoms with E-state index in [1.165, 1.54) is 13.1 Å². The van der Waals surface area contributed by atoms with Gasteiger partial charge in [0.2, 0.25) is 0 Å². The SMILES string of the molecule is CNc1cc(C#N)c(O)cc1[N+](=O)[O-]. The molecule has 0 aromatic heterocycles. The molecule has 0 amide bonds. The van der Waals surface area contributed by atoms with Gasteiger partial charge < -0.3 is 10.4 Å². The minimum Gasteiger partial charge on any atom is -0.506 e. The highest BCUT2D eigenvalue weighted by atomic mass is 16.6. The molecule has 6 heteroatoms. The fourth-order valence-electron chi connectivity index (χ4n) is 1.02. The quantitative estimate of drug-likeness (QED) is 0.417. The Kier molecular flexibility index (Phi) is 2.53. The van der Waals surface area contributed by atoms with Crippen molar-refractivity contribution in [1.29, 1.82) is 5.26 Å². The summed E-state index contributed by atoms with van der Waals surface area (Å²) in [5.74, 6) is -0.391. The number of nitriles is 1. The van der Waals surface area contributed by atoms with Crippen LogP contribution >= 0.6 is 0 Å². The normalized spacial score (nSPS) is 9.14. The third-order valence-corrected chi connectivity index (χ3v) is 1.70. The zero-order chi connectivity index (χ0) is 10.7. The standard InChI is InChI=1S/C8H7N3O3/c1-10-6-2-5(4-9)8(12)3-7(6)11(13)14/h2-3,10,12H,1H3. The summed E-state index contributed by atoms with van der Waals surface area (Å²) in [4.78, 5) is 9.87. The van der Waals surface area contributed by atoms with Crippen LogP contribution < -0.4 is 5.32 Å². The van der Waals surface area contributed by atoms with Crippen molar-refractivity contribution in [2.24, 2.45) is 0 Å². The molecule has 0 radical (unpaired) electrons. The molecule has 6 nitrogen and oxygen atoms in total. The average Bonchev–Trinajstić information content (AvgIpc) is 2.17. The first-order valence-corrected chi connectivity index (χ1v) is 3.69. The number of aromatic hydroxyl groups is 1. The van der Waals surface area contributed by atoms with Crippen LogP contribution in [0.1, 0.15) is 5.56 Å². The smallest absolute Gasteiger partial charge is 0.296 e. The predicted molar refractivity (Wildman–Crippen MR) is 49.0 cm³/mol. The van der Waals surface area contributed by atoms with Crippen molar-refractivity contribution in [3.8, 4) is 11.8 Å². The highest BCUT2D eigenvalue weighted by Crippen LogP contribution is 2.31. The minimum atomic E-state index is -0.632. The lowest BCUT2D eigenvalue weighted by Crippen LogP contribution is -1.97. The lowest BCUT2D eigenvalue weighted by Gasteiger charge is -2.03. The number of nitro benzene ring substituents is 1. The molecule has 0 spiro atoms. The highest BCUT2D eigenvalue weighted by Gasteiger charge is 2.16. The molecule has 0 fully saturated rings. The third-order valence-electron chi connectivity index (χ3n) is 1.70. The number of nitrogens with zero attached hydrogens (tertiary/aromatic N) is 2. The maximum atomic E-state index is 10.5. The van der Waals surface area contributed by atoms with Gasteiger partial charge in [-0.15, -0.1) is 0 Å². The summed E-state index contributed by atoms with van der Waals surface area (Å²) < 4.78 is 0. The fourth-order valence-corrected chi connectivity index (χ4v) is 1.02. The highest BCUT2D eigenvalue weighted by molar-refractivity contribution is 5.67. The first kappa shape index (κ1) is 9.80. The number of benzene rings is 1. The number of rotatable bonds is 2. The van der Waals surface area contributed by atoms with Gasteiger partial charge in [0, 0.05) is 7.05 Å². The number of nitro groups is 1. The molecule has 0 aliphatic rings. The van der Waals surface area contributed by atoms with Crippen LogP contribution in [0.3, 0.4) is 0 Å². The molecule has 1 rings (SSSR count). The van der Waals surface area contributed by atoms with E-state index in [1.54, 1.807) is 6.07 Å². The van der Waals surface area contributed by atoms with Crippen LogP contribution in [0.4, 0.5) is 11.4 Å². The van der Waals surface area contributed by atoms with Gasteiger partial charge in [-0.2, -0.15) is 5.26 Å². The second kappa shape index (κ2) is 3.62. The number of nitrogens with one attached hydrogen (secondary N) is 1. The van der Waals surface area contributed by atoms with Gasteiger partial charge in [-0.05, 0) is 6.07 Å². The summed E-state index contributed by atoms with van der Waals surface area (Å²) >= 11 is 0. The first-order chi connectivity index (χ1) is 6.60. The zero-order valence-corrected chi connectivity index (χ0v) is 7.31. The third kappa shape index (κ3) is 1.56. The van der Waals surface area contributed by atoms with Crippen LogP contribution in [-0.2, 0) is 0 Å². The number of hydrogen-bond acceptors (Lipinski definition) is 5. The molecule has 0 aliphatic carbocycles. The Bertz CT molecular complexity index is 423. The molecular weight excluding hydrogens is 186 g/mol. The van der Waals surface area contributed by atoms with Gasteiger partial charge >= 0.3 is 0 Å². The first-order valence-electron chi connectivity index (χ1n) is 3.69. The molecule has 14 heavy (non-hydrogen) atoms. The molecule has 0 atom stereocenters. The van der Waals surface area contributed by atoms with Crippen molar-refractivity contribution in [2.75, 3.05) is 12.4 Å². The maximum Gasteiger partial charge on any atom is 0.296 e. The van der Waals surface area contributed by atoms with E-state index in [0.717, 1.165) is 6.07 Å². The summed E-state index contributed by atoms with van der Waals surface area (Å²) in [6.45, 7) is 0. The number of anilines is 1. The molecule has 2 N–H and O–H groups in total. The van der Waals surface area contributed by atoms with Gasteiger partial charge in [0.1, 0.15) is 17.5 Å². The second-order valence-electron chi connectivity index (χ2n) is 2.51. The van der Waals surface area contributed by atoms with Crippen molar-refractivity contribution in [2.45, 2.75) is 0 Å². The van der Waals surface area contributed by atoms with E-state index in [4.69, 9.17) is 5.26 Å². The Labute approximate surface area is 79.6 Å². The second-order valence-corrected chi connectivity index (χ2v) is 2.51. The van der Waals surface area contributed by atoms with Crippen LogP contribution in [-0.4, -0.2) is 17.1 Å². The van der Waals surface area contributed by atoms with E-state index in [1.807, 2.05) is 0 Å². The van der Waals surface area contributed by atoms with E-state index < -0.39 is 10.7 Å². The van der Waals surface area contributed by atoms with Crippen LogP contribution in [0.15, 0.2) is 12.1 Å². The van der Waals surface area contributed by atoms with Gasteiger partial charge in [-0.25, -0.2) is 0 Å². The lowest BCUT2D eigenvalue weighted by molar-refractivity contribution is -0.384. The molecule has 1 aromatic rings. The summed E-state index contributed by atoms with van der Waals surface area (Å²) in [6.07, 6.45) is 0. The van der Waals surface area contributed by atoms with Crippen molar-refractivity contribution in [1.82, 2.24) is 0 Å². The van der Waals surface area contributed by atoms with E-state index in [0.29, 0.717) is 0 Å². The number of phenols is 1. The average molecular weight is 193 g/mol. The largest absolute Gasteiger partial charge is 0.506 e. The molecule has 72 valence electrons. The van der Waals surface area contributed by atoms with Crippen molar-refractivity contribution in [3.63, 3.8) is 0 Å². The minimum absolute atomic E-state index is 0.0000463.